The van der Waals surface area contributed by atoms with Crippen LogP contribution in [0.1, 0.15) is 10.7 Å². The fourth-order valence-corrected chi connectivity index (χ4v) is 4.17. The van der Waals surface area contributed by atoms with Crippen LogP contribution >= 0.6 is 11.3 Å². The smallest absolute Gasteiger partial charge is 0.278 e. The average molecular weight is 344 g/mol. The highest BCUT2D eigenvalue weighted by Crippen LogP contribution is 2.24. The summed E-state index contributed by atoms with van der Waals surface area (Å²) in [4.78, 5) is 4.58. The van der Waals surface area contributed by atoms with Crippen LogP contribution in [0.25, 0.3) is 4.96 Å². The second-order valence-electron chi connectivity index (χ2n) is 4.55. The molecule has 6 nitrogen and oxygen atoms in total. The number of hydrogen-bond acceptors (Lipinski definition) is 5. The molecule has 0 saturated carbocycles. The maximum absolute atomic E-state index is 13.2. The van der Waals surface area contributed by atoms with Crippen molar-refractivity contribution in [1.29, 1.82) is 0 Å². The number of aromatic nitrogens is 3. The Morgan fingerprint density at radius 3 is 2.64 bits per heavy atom. The van der Waals surface area contributed by atoms with Gasteiger partial charge in [-0.3, -0.25) is 4.72 Å². The van der Waals surface area contributed by atoms with Crippen molar-refractivity contribution in [3.63, 3.8) is 0 Å². The zero-order chi connectivity index (χ0) is 16.1. The first kappa shape index (κ1) is 14.9. The molecule has 0 bridgehead atoms. The number of benzene rings is 1. The molecule has 2 heterocycles. The third kappa shape index (κ3) is 2.44. The monoisotopic (exact) mass is 344 g/mol. The van der Waals surface area contributed by atoms with E-state index in [1.54, 1.807) is 6.92 Å². The largest absolute Gasteiger partial charge is 0.281 e. The molecule has 1 N–H and O–H groups in total. The molecule has 0 atom stereocenters. The maximum Gasteiger partial charge on any atom is 0.281 e. The molecule has 0 saturated heterocycles. The molecule has 10 heteroatoms. The van der Waals surface area contributed by atoms with Crippen LogP contribution < -0.4 is 4.72 Å². The molecule has 3 aromatic rings. The van der Waals surface area contributed by atoms with Crippen molar-refractivity contribution in [2.45, 2.75) is 18.9 Å². The van der Waals surface area contributed by atoms with Gasteiger partial charge in [0.2, 0.25) is 9.99 Å². The zero-order valence-corrected chi connectivity index (χ0v) is 13.1. The predicted molar refractivity (Wildman–Crippen MR) is 77.5 cm³/mol. The number of halogens is 2. The van der Waals surface area contributed by atoms with Crippen molar-refractivity contribution in [1.82, 2.24) is 14.6 Å². The number of nitrogens with one attached hydrogen (secondary N) is 1. The summed E-state index contributed by atoms with van der Waals surface area (Å²) in [6.45, 7) is 3.27. The van der Waals surface area contributed by atoms with Crippen molar-refractivity contribution in [3.05, 3.63) is 40.5 Å². The third-order valence-corrected chi connectivity index (χ3v) is 5.16. The minimum Gasteiger partial charge on any atom is -0.278 e. The zero-order valence-electron chi connectivity index (χ0n) is 11.5. The SMILES string of the molecule is Cc1nn2c(S(=O)(=O)Nc3ccc(F)c(F)c3)c(C)nc2s1. The molecule has 2 aromatic heterocycles. The van der Waals surface area contributed by atoms with Crippen molar-refractivity contribution in [2.24, 2.45) is 0 Å². The van der Waals surface area contributed by atoms with Crippen molar-refractivity contribution in [3.8, 4) is 0 Å². The molecule has 0 amide bonds. The summed E-state index contributed by atoms with van der Waals surface area (Å²) in [5.41, 5.74) is 0.189. The van der Waals surface area contributed by atoms with Gasteiger partial charge in [-0.25, -0.2) is 13.8 Å². The first-order valence-electron chi connectivity index (χ1n) is 6.08. The lowest BCUT2D eigenvalue weighted by molar-refractivity contribution is 0.509. The van der Waals surface area contributed by atoms with Gasteiger partial charge in [0.25, 0.3) is 10.0 Å². The van der Waals surface area contributed by atoms with Gasteiger partial charge in [0.1, 0.15) is 5.01 Å². The number of rotatable bonds is 3. The molecule has 22 heavy (non-hydrogen) atoms. The molecule has 3 rings (SSSR count). The Bertz CT molecular complexity index is 979. The molecular formula is C12H10F2N4O2S2. The number of anilines is 1. The number of fused-ring (bicyclic) bond motifs is 1. The van der Waals surface area contributed by atoms with Gasteiger partial charge in [0.15, 0.2) is 11.6 Å². The van der Waals surface area contributed by atoms with Crippen LogP contribution in [0.4, 0.5) is 14.5 Å². The molecule has 0 radical (unpaired) electrons. The molecule has 116 valence electrons. The predicted octanol–water partition coefficient (Wildman–Crippen LogP) is 2.49. The number of hydrogen-bond donors (Lipinski definition) is 1. The topological polar surface area (TPSA) is 76.4 Å². The van der Waals surface area contributed by atoms with Crippen LogP contribution in [0.15, 0.2) is 23.2 Å². The van der Waals surface area contributed by atoms with E-state index in [1.807, 2.05) is 0 Å². The molecular weight excluding hydrogens is 334 g/mol. The number of nitrogens with zero attached hydrogens (tertiary/aromatic N) is 3. The standard InChI is InChI=1S/C12H10F2N4O2S2/c1-6-11(18-12(15-6)21-7(2)16-18)22(19,20)17-8-3-4-9(13)10(14)5-8/h3-5,17H,1-2H3. The van der Waals surface area contributed by atoms with E-state index >= 15 is 0 Å². The highest BCUT2D eigenvalue weighted by Gasteiger charge is 2.25. The molecule has 0 fully saturated rings. The number of imidazole rings is 1. The van der Waals surface area contributed by atoms with E-state index in [4.69, 9.17) is 0 Å². The first-order valence-corrected chi connectivity index (χ1v) is 8.38. The Morgan fingerprint density at radius 1 is 1.23 bits per heavy atom. The molecule has 1 aromatic carbocycles. The van der Waals surface area contributed by atoms with E-state index in [-0.39, 0.29) is 16.4 Å². The summed E-state index contributed by atoms with van der Waals surface area (Å²) >= 11 is 1.25. The lowest BCUT2D eigenvalue weighted by atomic mass is 10.3. The molecule has 0 unspecified atom stereocenters. The van der Waals surface area contributed by atoms with E-state index in [0.717, 1.165) is 18.2 Å². The Kier molecular flexibility index (Phi) is 3.37. The quantitative estimate of drug-likeness (QED) is 0.792. The summed E-state index contributed by atoms with van der Waals surface area (Å²) in [6, 6.07) is 2.75. The van der Waals surface area contributed by atoms with Gasteiger partial charge in [0, 0.05) is 6.07 Å². The van der Waals surface area contributed by atoms with Crippen LogP contribution in [0.5, 0.6) is 0 Å². The minimum absolute atomic E-state index is 0.0831. The van der Waals surface area contributed by atoms with E-state index < -0.39 is 21.7 Å². The van der Waals surface area contributed by atoms with E-state index in [1.165, 1.54) is 22.8 Å². The normalized spacial score (nSPS) is 12.0. The Labute approximate surface area is 128 Å². The summed E-state index contributed by atoms with van der Waals surface area (Å²) in [6.07, 6.45) is 0. The van der Waals surface area contributed by atoms with Gasteiger partial charge in [-0.05, 0) is 26.0 Å². The third-order valence-electron chi connectivity index (χ3n) is 2.85. The Hall–Kier alpha value is -2.07. The van der Waals surface area contributed by atoms with Crippen LogP contribution in [0.2, 0.25) is 0 Å². The van der Waals surface area contributed by atoms with Gasteiger partial charge in [-0.15, -0.1) is 0 Å². The van der Waals surface area contributed by atoms with Crippen LogP contribution in [0, 0.1) is 25.5 Å². The molecule has 0 spiro atoms. The lowest BCUT2D eigenvalue weighted by Crippen LogP contribution is -2.17. The summed E-state index contributed by atoms with van der Waals surface area (Å²) in [5, 5.41) is 4.62. The van der Waals surface area contributed by atoms with Crippen molar-refractivity contribution >= 4 is 32.0 Å². The number of sulfonamides is 1. The van der Waals surface area contributed by atoms with Gasteiger partial charge in [0.05, 0.1) is 11.4 Å². The Morgan fingerprint density at radius 2 is 1.95 bits per heavy atom. The van der Waals surface area contributed by atoms with Gasteiger partial charge in [-0.1, -0.05) is 11.3 Å². The fraction of sp³-hybridized carbons (Fsp3) is 0.167. The highest BCUT2D eigenvalue weighted by atomic mass is 32.2. The fourth-order valence-electron chi connectivity index (χ4n) is 2.00. The second kappa shape index (κ2) is 4.99. The van der Waals surface area contributed by atoms with E-state index in [9.17, 15) is 17.2 Å². The van der Waals surface area contributed by atoms with E-state index in [2.05, 4.69) is 14.8 Å². The average Bonchev–Trinajstić information content (AvgIpc) is 2.87. The summed E-state index contributed by atoms with van der Waals surface area (Å²) < 4.78 is 54.5. The van der Waals surface area contributed by atoms with Crippen LogP contribution in [-0.4, -0.2) is 23.0 Å². The van der Waals surface area contributed by atoms with Gasteiger partial charge >= 0.3 is 0 Å². The molecule has 0 aliphatic heterocycles. The van der Waals surface area contributed by atoms with Crippen molar-refractivity contribution in [2.75, 3.05) is 4.72 Å². The number of aryl methyl sites for hydroxylation is 2. The second-order valence-corrected chi connectivity index (χ2v) is 7.31. The first-order chi connectivity index (χ1) is 10.3. The Balaban J connectivity index is 2.07. The minimum atomic E-state index is -4.04. The summed E-state index contributed by atoms with van der Waals surface area (Å²) in [5.74, 6) is -2.19. The van der Waals surface area contributed by atoms with Crippen LogP contribution in [-0.2, 0) is 10.0 Å². The van der Waals surface area contributed by atoms with Gasteiger partial charge < -0.3 is 0 Å². The summed E-state index contributed by atoms with van der Waals surface area (Å²) in [7, 11) is -4.04. The molecule has 0 aliphatic rings. The maximum atomic E-state index is 13.2. The lowest BCUT2D eigenvalue weighted by Gasteiger charge is -2.07. The van der Waals surface area contributed by atoms with Crippen molar-refractivity contribution < 1.29 is 17.2 Å². The highest BCUT2D eigenvalue weighted by molar-refractivity contribution is 7.92. The van der Waals surface area contributed by atoms with Gasteiger partial charge in [-0.2, -0.15) is 18.0 Å². The molecule has 0 aliphatic carbocycles. The van der Waals surface area contributed by atoms with Crippen LogP contribution in [0.3, 0.4) is 0 Å². The van der Waals surface area contributed by atoms with E-state index in [0.29, 0.717) is 9.97 Å².